The van der Waals surface area contributed by atoms with Crippen molar-refractivity contribution in [2.24, 2.45) is 4.99 Å². The SMILES string of the molecule is CCN(CC)C(=O)C1=C(C)N=c2s/c(=C/c3cc(C)n(-c4sc5c(c4C#N)CCCC5)c3C)c(=O)n2[C@@H]1c1c(OC)ccc2ccccc12. The number of aromatic nitrogens is 2. The Morgan fingerprint density at radius 2 is 1.86 bits per heavy atom. The van der Waals surface area contributed by atoms with Crippen LogP contribution in [0.3, 0.4) is 0 Å². The molecular formula is C39H39N5O3S2. The van der Waals surface area contributed by atoms with Gasteiger partial charge in [-0.15, -0.1) is 11.3 Å². The second-order valence-corrected chi connectivity index (χ2v) is 14.7. The lowest BCUT2D eigenvalue weighted by molar-refractivity contribution is -0.127. The highest BCUT2D eigenvalue weighted by Crippen LogP contribution is 2.41. The zero-order valence-electron chi connectivity index (χ0n) is 28.7. The maximum atomic E-state index is 14.7. The number of nitriles is 1. The Labute approximate surface area is 293 Å². The Balaban J connectivity index is 1.45. The number of fused-ring (bicyclic) bond motifs is 3. The van der Waals surface area contributed by atoms with Crippen molar-refractivity contribution in [3.8, 4) is 16.8 Å². The predicted octanol–water partition coefficient (Wildman–Crippen LogP) is 6.48. The minimum atomic E-state index is -0.740. The molecule has 0 unspecified atom stereocenters. The summed E-state index contributed by atoms with van der Waals surface area (Å²) in [4.78, 5) is 37.5. The largest absolute Gasteiger partial charge is 0.496 e. The van der Waals surface area contributed by atoms with Crippen molar-refractivity contribution in [2.45, 2.75) is 66.3 Å². The Morgan fingerprint density at radius 1 is 1.10 bits per heavy atom. The van der Waals surface area contributed by atoms with Gasteiger partial charge in [0, 0.05) is 34.9 Å². The monoisotopic (exact) mass is 689 g/mol. The maximum Gasteiger partial charge on any atom is 0.271 e. The zero-order chi connectivity index (χ0) is 34.6. The zero-order valence-corrected chi connectivity index (χ0v) is 30.3. The van der Waals surface area contributed by atoms with Gasteiger partial charge in [-0.2, -0.15) is 5.26 Å². The lowest BCUT2D eigenvalue weighted by atomic mass is 9.90. The third-order valence-electron chi connectivity index (χ3n) is 9.95. The van der Waals surface area contributed by atoms with E-state index in [1.54, 1.807) is 27.9 Å². The van der Waals surface area contributed by atoms with Gasteiger partial charge < -0.3 is 14.2 Å². The van der Waals surface area contributed by atoms with E-state index in [2.05, 4.69) is 16.7 Å². The molecule has 0 fully saturated rings. The highest BCUT2D eigenvalue weighted by molar-refractivity contribution is 7.15. The summed E-state index contributed by atoms with van der Waals surface area (Å²) >= 11 is 3.05. The van der Waals surface area contributed by atoms with Gasteiger partial charge in [0.1, 0.15) is 22.9 Å². The Hall–Kier alpha value is -4.72. The van der Waals surface area contributed by atoms with Crippen molar-refractivity contribution in [1.82, 2.24) is 14.0 Å². The molecule has 8 nitrogen and oxygen atoms in total. The molecule has 3 aromatic heterocycles. The van der Waals surface area contributed by atoms with E-state index in [4.69, 9.17) is 9.73 Å². The number of hydrogen-bond donors (Lipinski definition) is 0. The summed E-state index contributed by atoms with van der Waals surface area (Å²) < 4.78 is 10.3. The van der Waals surface area contributed by atoms with Gasteiger partial charge in [-0.1, -0.05) is 41.7 Å². The molecular weight excluding hydrogens is 651 g/mol. The van der Waals surface area contributed by atoms with Crippen molar-refractivity contribution in [2.75, 3.05) is 20.2 Å². The Kier molecular flexibility index (Phi) is 8.67. The molecule has 1 aliphatic carbocycles. The Morgan fingerprint density at radius 3 is 2.59 bits per heavy atom. The third kappa shape index (κ3) is 5.27. The molecule has 0 spiro atoms. The van der Waals surface area contributed by atoms with Gasteiger partial charge in [0.2, 0.25) is 0 Å². The molecule has 4 heterocycles. The van der Waals surface area contributed by atoms with Crippen LogP contribution in [0, 0.1) is 25.2 Å². The van der Waals surface area contributed by atoms with E-state index >= 15 is 0 Å². The van der Waals surface area contributed by atoms with E-state index in [0.29, 0.717) is 39.4 Å². The fourth-order valence-electron chi connectivity index (χ4n) is 7.50. The van der Waals surface area contributed by atoms with E-state index in [9.17, 15) is 14.9 Å². The van der Waals surface area contributed by atoms with Crippen LogP contribution in [0.15, 0.2) is 63.5 Å². The van der Waals surface area contributed by atoms with E-state index in [0.717, 1.165) is 69.5 Å². The average molecular weight is 690 g/mol. The minimum absolute atomic E-state index is 0.143. The van der Waals surface area contributed by atoms with Gasteiger partial charge in [-0.3, -0.25) is 14.2 Å². The van der Waals surface area contributed by atoms with E-state index < -0.39 is 6.04 Å². The summed E-state index contributed by atoms with van der Waals surface area (Å²) in [7, 11) is 1.62. The molecule has 1 atom stereocenters. The summed E-state index contributed by atoms with van der Waals surface area (Å²) in [6, 6.07) is 15.8. The van der Waals surface area contributed by atoms with Crippen molar-refractivity contribution < 1.29 is 9.53 Å². The first-order valence-electron chi connectivity index (χ1n) is 16.8. The third-order valence-corrected chi connectivity index (χ3v) is 12.2. The minimum Gasteiger partial charge on any atom is -0.496 e. The van der Waals surface area contributed by atoms with Gasteiger partial charge in [0.05, 0.1) is 28.5 Å². The number of ether oxygens (including phenoxy) is 1. The summed E-state index contributed by atoms with van der Waals surface area (Å²) in [5.41, 5.74) is 6.48. The van der Waals surface area contributed by atoms with Crippen LogP contribution in [0.2, 0.25) is 0 Å². The molecule has 10 heteroatoms. The van der Waals surface area contributed by atoms with Crippen molar-refractivity contribution >= 4 is 45.4 Å². The van der Waals surface area contributed by atoms with Gasteiger partial charge in [0.15, 0.2) is 4.80 Å². The molecule has 250 valence electrons. The first kappa shape index (κ1) is 32.8. The number of hydrogen-bond acceptors (Lipinski definition) is 7. The molecule has 1 amide bonds. The lowest BCUT2D eigenvalue weighted by Gasteiger charge is -2.30. The number of amides is 1. The molecule has 2 aromatic carbocycles. The van der Waals surface area contributed by atoms with Gasteiger partial charge in [-0.25, -0.2) is 4.99 Å². The predicted molar refractivity (Wildman–Crippen MR) is 197 cm³/mol. The quantitative estimate of drug-likeness (QED) is 0.196. The van der Waals surface area contributed by atoms with Crippen molar-refractivity contribution in [3.63, 3.8) is 0 Å². The molecule has 7 rings (SSSR count). The smallest absolute Gasteiger partial charge is 0.271 e. The van der Waals surface area contributed by atoms with Gasteiger partial charge in [0.25, 0.3) is 11.5 Å². The number of thiazole rings is 1. The lowest BCUT2D eigenvalue weighted by Crippen LogP contribution is -2.43. The summed E-state index contributed by atoms with van der Waals surface area (Å²) in [6.45, 7) is 10.9. The van der Waals surface area contributed by atoms with Crippen LogP contribution in [-0.4, -0.2) is 40.1 Å². The first-order valence-corrected chi connectivity index (χ1v) is 18.5. The number of likely N-dealkylation sites (N-methyl/N-ethyl adjacent to an activating group) is 1. The number of rotatable bonds is 7. The van der Waals surface area contributed by atoms with Crippen LogP contribution in [0.25, 0.3) is 21.8 Å². The number of methoxy groups -OCH3 is 1. The number of carbonyl (C=O) groups excluding carboxylic acids is 1. The van der Waals surface area contributed by atoms with Crippen LogP contribution in [0.4, 0.5) is 0 Å². The fourth-order valence-corrected chi connectivity index (χ4v) is 9.98. The topological polar surface area (TPSA) is 92.6 Å². The van der Waals surface area contributed by atoms with E-state index in [1.165, 1.54) is 21.8 Å². The molecule has 0 saturated heterocycles. The molecule has 2 aliphatic rings. The van der Waals surface area contributed by atoms with Crippen molar-refractivity contribution in [3.05, 3.63) is 112 Å². The normalized spacial score (nSPS) is 15.9. The van der Waals surface area contributed by atoms with E-state index in [1.807, 2.05) is 77.1 Å². The van der Waals surface area contributed by atoms with Gasteiger partial charge in [-0.05, 0) is 100 Å². The summed E-state index contributed by atoms with van der Waals surface area (Å²) in [6.07, 6.45) is 6.16. The molecule has 0 radical (unpaired) electrons. The van der Waals surface area contributed by atoms with Crippen LogP contribution < -0.4 is 19.6 Å². The summed E-state index contributed by atoms with van der Waals surface area (Å²) in [5.74, 6) is 0.462. The highest BCUT2D eigenvalue weighted by atomic mass is 32.1. The standard InChI is InChI=1S/C39H39N5O3S2/c1-7-42(8-2)37(46)33-23(4)41-39-44(35(33)34-27-14-10-9-13-25(27)17-18-30(34)47-6)36(45)32(49-39)20-26-19-22(3)43(24(26)5)38-29(21-40)28-15-11-12-16-31(28)48-38/h9-10,13-14,17-20,35H,7-8,11-12,15-16H2,1-6H3/b32-20+/t35-/m0/s1. The molecule has 0 bridgehead atoms. The molecule has 5 aromatic rings. The molecule has 1 aliphatic heterocycles. The number of carbonyl (C=O) groups is 1. The van der Waals surface area contributed by atoms with E-state index in [-0.39, 0.29) is 11.5 Å². The van der Waals surface area contributed by atoms with Crippen LogP contribution >= 0.6 is 22.7 Å². The van der Waals surface area contributed by atoms with Crippen molar-refractivity contribution in [1.29, 1.82) is 5.26 Å². The Bertz CT molecular complexity index is 2410. The maximum absolute atomic E-state index is 14.7. The molecule has 0 N–H and O–H groups in total. The highest BCUT2D eigenvalue weighted by Gasteiger charge is 2.37. The number of nitrogens with zero attached hydrogens (tertiary/aromatic N) is 5. The number of aryl methyl sites for hydroxylation is 2. The van der Waals surface area contributed by atoms with Gasteiger partial charge >= 0.3 is 0 Å². The average Bonchev–Trinajstić information content (AvgIpc) is 3.72. The fraction of sp³-hybridized carbons (Fsp3) is 0.333. The van der Waals surface area contributed by atoms with Crippen LogP contribution in [0.5, 0.6) is 5.75 Å². The number of thiophene rings is 1. The molecule has 0 saturated carbocycles. The second-order valence-electron chi connectivity index (χ2n) is 12.6. The molecule has 49 heavy (non-hydrogen) atoms. The number of benzene rings is 2. The second kappa shape index (κ2) is 13.0. The summed E-state index contributed by atoms with van der Waals surface area (Å²) in [5, 5.41) is 13.1. The first-order chi connectivity index (χ1) is 23.7. The van der Waals surface area contributed by atoms with Crippen LogP contribution in [0.1, 0.15) is 78.2 Å². The van der Waals surface area contributed by atoms with Crippen LogP contribution in [-0.2, 0) is 17.6 Å². The number of allylic oxidation sites excluding steroid dienone is 1.